The van der Waals surface area contributed by atoms with Gasteiger partial charge in [-0.05, 0) is 37.6 Å². The van der Waals surface area contributed by atoms with Crippen LogP contribution >= 0.6 is 12.4 Å². The van der Waals surface area contributed by atoms with Crippen LogP contribution in [0.15, 0.2) is 24.4 Å². The first kappa shape index (κ1) is 18.5. The highest BCUT2D eigenvalue weighted by atomic mass is 35.5. The Morgan fingerprint density at radius 3 is 2.68 bits per heavy atom. The average molecular weight is 324 g/mol. The molecule has 0 aliphatic rings. The molecule has 1 aromatic heterocycles. The van der Waals surface area contributed by atoms with Crippen LogP contribution in [0.3, 0.4) is 0 Å². The van der Waals surface area contributed by atoms with Crippen molar-refractivity contribution in [2.45, 2.75) is 33.2 Å². The van der Waals surface area contributed by atoms with Gasteiger partial charge in [0.2, 0.25) is 0 Å². The van der Waals surface area contributed by atoms with E-state index >= 15 is 0 Å². The number of nitrogens with one attached hydrogen (secondary N) is 2. The van der Waals surface area contributed by atoms with E-state index in [1.54, 1.807) is 7.11 Å². The van der Waals surface area contributed by atoms with E-state index in [1.807, 2.05) is 24.4 Å². The number of pyridine rings is 1. The summed E-state index contributed by atoms with van der Waals surface area (Å²) < 4.78 is 5.40. The van der Waals surface area contributed by atoms with Gasteiger partial charge in [0, 0.05) is 30.2 Å². The average Bonchev–Trinajstić information content (AvgIpc) is 2.47. The number of anilines is 1. The van der Waals surface area contributed by atoms with Crippen molar-refractivity contribution in [1.82, 2.24) is 10.3 Å². The first-order valence-electron chi connectivity index (χ1n) is 7.52. The Hall–Kier alpha value is -1.52. The highest BCUT2D eigenvalue weighted by Crippen LogP contribution is 2.29. The van der Waals surface area contributed by atoms with E-state index in [0.29, 0.717) is 6.04 Å². The second-order valence-electron chi connectivity index (χ2n) is 5.59. The summed E-state index contributed by atoms with van der Waals surface area (Å²) in [7, 11) is 1.70. The second-order valence-corrected chi connectivity index (χ2v) is 5.59. The van der Waals surface area contributed by atoms with Crippen molar-refractivity contribution in [3.8, 4) is 5.75 Å². The summed E-state index contributed by atoms with van der Waals surface area (Å²) in [6, 6.07) is 6.62. The van der Waals surface area contributed by atoms with Gasteiger partial charge in [0.05, 0.1) is 18.3 Å². The van der Waals surface area contributed by atoms with E-state index in [9.17, 15) is 0 Å². The quantitative estimate of drug-likeness (QED) is 0.761. The topological polar surface area (TPSA) is 46.2 Å². The molecule has 0 bridgehead atoms. The molecule has 1 aromatic carbocycles. The van der Waals surface area contributed by atoms with Gasteiger partial charge in [-0.1, -0.05) is 13.8 Å². The van der Waals surface area contributed by atoms with E-state index in [0.717, 1.165) is 41.9 Å². The molecule has 0 saturated heterocycles. The van der Waals surface area contributed by atoms with Gasteiger partial charge in [-0.2, -0.15) is 0 Å². The zero-order chi connectivity index (χ0) is 15.2. The molecule has 0 radical (unpaired) electrons. The summed E-state index contributed by atoms with van der Waals surface area (Å²) in [5.41, 5.74) is 3.26. The molecule has 2 N–H and O–H groups in total. The van der Waals surface area contributed by atoms with Crippen molar-refractivity contribution >= 4 is 29.0 Å². The maximum Gasteiger partial charge on any atom is 0.121 e. The molecule has 122 valence electrons. The van der Waals surface area contributed by atoms with Crippen molar-refractivity contribution in [2.75, 3.05) is 25.5 Å². The molecule has 2 aromatic rings. The fraction of sp³-hybridized carbons (Fsp3) is 0.471. The third-order valence-corrected chi connectivity index (χ3v) is 3.49. The molecule has 0 saturated carbocycles. The molecule has 0 atom stereocenters. The number of aromatic nitrogens is 1. The Balaban J connectivity index is 0.00000242. The summed E-state index contributed by atoms with van der Waals surface area (Å²) in [6.45, 7) is 8.35. The van der Waals surface area contributed by atoms with Crippen molar-refractivity contribution < 1.29 is 4.74 Å². The highest BCUT2D eigenvalue weighted by Gasteiger charge is 2.07. The number of hydrogen-bond donors (Lipinski definition) is 2. The van der Waals surface area contributed by atoms with Gasteiger partial charge in [0.25, 0.3) is 0 Å². The molecule has 4 nitrogen and oxygen atoms in total. The Morgan fingerprint density at radius 2 is 2.00 bits per heavy atom. The zero-order valence-corrected chi connectivity index (χ0v) is 14.6. The lowest BCUT2D eigenvalue weighted by Crippen LogP contribution is -2.25. The van der Waals surface area contributed by atoms with Crippen LogP contribution < -0.4 is 15.4 Å². The summed E-state index contributed by atoms with van der Waals surface area (Å²) in [4.78, 5) is 4.51. The molecule has 0 unspecified atom stereocenters. The number of aryl methyl sites for hydroxylation is 1. The van der Waals surface area contributed by atoms with Crippen LogP contribution in [0, 0.1) is 6.92 Å². The molecule has 2 rings (SSSR count). The number of methoxy groups -OCH3 is 1. The van der Waals surface area contributed by atoms with Crippen LogP contribution in [-0.2, 0) is 0 Å². The van der Waals surface area contributed by atoms with Gasteiger partial charge in [-0.25, -0.2) is 0 Å². The van der Waals surface area contributed by atoms with Gasteiger partial charge in [-0.15, -0.1) is 12.4 Å². The van der Waals surface area contributed by atoms with E-state index in [2.05, 4.69) is 36.4 Å². The van der Waals surface area contributed by atoms with Crippen LogP contribution in [-0.4, -0.2) is 31.2 Å². The zero-order valence-electron chi connectivity index (χ0n) is 13.8. The fourth-order valence-electron chi connectivity index (χ4n) is 2.32. The molecule has 1 heterocycles. The standard InChI is InChI=1S/C17H25N3O.ClH/c1-12(2)18-7-5-8-19-16-11-14(21-4)10-15-13(3)6-9-20-17(15)16;/h6,9-12,18-19H,5,7-8H2,1-4H3;1H. The second kappa shape index (κ2) is 8.81. The van der Waals surface area contributed by atoms with E-state index in [-0.39, 0.29) is 12.4 Å². The number of rotatable bonds is 7. The molecule has 0 spiro atoms. The largest absolute Gasteiger partial charge is 0.497 e. The van der Waals surface area contributed by atoms with Crippen LogP contribution in [0.1, 0.15) is 25.8 Å². The normalized spacial score (nSPS) is 10.6. The van der Waals surface area contributed by atoms with Crippen molar-refractivity contribution in [1.29, 1.82) is 0 Å². The van der Waals surface area contributed by atoms with Gasteiger partial charge < -0.3 is 15.4 Å². The third-order valence-electron chi connectivity index (χ3n) is 3.49. The van der Waals surface area contributed by atoms with Crippen molar-refractivity contribution in [3.05, 3.63) is 30.0 Å². The minimum absolute atomic E-state index is 0. The molecular formula is C17H26ClN3O. The van der Waals surface area contributed by atoms with Crippen LogP contribution in [0.2, 0.25) is 0 Å². The lowest BCUT2D eigenvalue weighted by Gasteiger charge is -2.13. The minimum atomic E-state index is 0. The maximum absolute atomic E-state index is 5.40. The van der Waals surface area contributed by atoms with Crippen LogP contribution in [0.5, 0.6) is 5.75 Å². The van der Waals surface area contributed by atoms with Gasteiger partial charge in [0.1, 0.15) is 5.75 Å². The van der Waals surface area contributed by atoms with Gasteiger partial charge >= 0.3 is 0 Å². The first-order valence-corrected chi connectivity index (χ1v) is 7.52. The molecule has 0 fully saturated rings. The number of ether oxygens (including phenoxy) is 1. The summed E-state index contributed by atoms with van der Waals surface area (Å²) in [5, 5.41) is 8.04. The Morgan fingerprint density at radius 1 is 1.23 bits per heavy atom. The lowest BCUT2D eigenvalue weighted by atomic mass is 10.1. The van der Waals surface area contributed by atoms with Crippen LogP contribution in [0.25, 0.3) is 10.9 Å². The molecule has 0 aliphatic heterocycles. The monoisotopic (exact) mass is 323 g/mol. The number of hydrogen-bond acceptors (Lipinski definition) is 4. The number of nitrogens with zero attached hydrogens (tertiary/aromatic N) is 1. The fourth-order valence-corrected chi connectivity index (χ4v) is 2.32. The molecule has 5 heteroatoms. The number of halogens is 1. The summed E-state index contributed by atoms with van der Waals surface area (Å²) >= 11 is 0. The van der Waals surface area contributed by atoms with E-state index in [1.165, 1.54) is 5.56 Å². The van der Waals surface area contributed by atoms with E-state index < -0.39 is 0 Å². The summed E-state index contributed by atoms with van der Waals surface area (Å²) in [6.07, 6.45) is 2.93. The molecule has 0 aliphatic carbocycles. The minimum Gasteiger partial charge on any atom is -0.497 e. The highest BCUT2D eigenvalue weighted by molar-refractivity contribution is 5.93. The molecular weight excluding hydrogens is 298 g/mol. The summed E-state index contributed by atoms with van der Waals surface area (Å²) in [5.74, 6) is 0.862. The SMILES string of the molecule is COc1cc(NCCCNC(C)C)c2nccc(C)c2c1.Cl. The third kappa shape index (κ3) is 4.75. The predicted molar refractivity (Wildman–Crippen MR) is 96.5 cm³/mol. The Kier molecular flexibility index (Phi) is 7.42. The molecule has 22 heavy (non-hydrogen) atoms. The lowest BCUT2D eigenvalue weighted by molar-refractivity contribution is 0.415. The first-order chi connectivity index (χ1) is 10.1. The smallest absolute Gasteiger partial charge is 0.121 e. The van der Waals surface area contributed by atoms with Gasteiger partial charge in [0.15, 0.2) is 0 Å². The predicted octanol–water partition coefficient (Wildman–Crippen LogP) is 3.77. The van der Waals surface area contributed by atoms with Crippen LogP contribution in [0.4, 0.5) is 5.69 Å². The van der Waals surface area contributed by atoms with Gasteiger partial charge in [-0.3, -0.25) is 4.98 Å². The maximum atomic E-state index is 5.40. The molecule has 0 amide bonds. The number of benzene rings is 1. The van der Waals surface area contributed by atoms with Crippen molar-refractivity contribution in [3.63, 3.8) is 0 Å². The Labute approximate surface area is 139 Å². The number of fused-ring (bicyclic) bond motifs is 1. The van der Waals surface area contributed by atoms with E-state index in [4.69, 9.17) is 4.74 Å². The van der Waals surface area contributed by atoms with Crippen molar-refractivity contribution in [2.24, 2.45) is 0 Å². The Bertz CT molecular complexity index is 602.